The monoisotopic (exact) mass is 239 g/mol. The number of rotatable bonds is 7. The predicted octanol–water partition coefficient (Wildman–Crippen LogP) is 2.31. The zero-order chi connectivity index (χ0) is 12.7. The predicted molar refractivity (Wildman–Crippen MR) is 68.2 cm³/mol. The van der Waals surface area contributed by atoms with Crippen LogP contribution in [0.2, 0.25) is 0 Å². The highest BCUT2D eigenvalue weighted by Gasteiger charge is 2.09. The number of H-pyrrole nitrogens is 2. The van der Waals surface area contributed by atoms with Gasteiger partial charge in [0.05, 0.1) is 5.69 Å². The van der Waals surface area contributed by atoms with Crippen LogP contribution < -0.4 is 10.9 Å². The van der Waals surface area contributed by atoms with E-state index in [2.05, 4.69) is 22.4 Å². The number of amides is 1. The maximum atomic E-state index is 11.6. The molecule has 0 aromatic carbocycles. The third-order valence-corrected chi connectivity index (χ3v) is 2.74. The lowest BCUT2D eigenvalue weighted by Gasteiger charge is -2.02. The molecule has 1 rings (SSSR count). The van der Waals surface area contributed by atoms with Gasteiger partial charge in [0, 0.05) is 6.42 Å². The van der Waals surface area contributed by atoms with E-state index in [4.69, 9.17) is 0 Å². The molecule has 0 aliphatic heterocycles. The Morgan fingerprint density at radius 1 is 1.18 bits per heavy atom. The van der Waals surface area contributed by atoms with Gasteiger partial charge in [0.1, 0.15) is 5.69 Å². The summed E-state index contributed by atoms with van der Waals surface area (Å²) in [6.45, 7) is 3.91. The second-order valence-corrected chi connectivity index (χ2v) is 4.29. The summed E-state index contributed by atoms with van der Waals surface area (Å²) in [4.78, 5) is 22.9. The van der Waals surface area contributed by atoms with Gasteiger partial charge in [-0.2, -0.15) is 0 Å². The van der Waals surface area contributed by atoms with Gasteiger partial charge in [0.25, 0.3) is 5.56 Å². The van der Waals surface area contributed by atoms with Crippen molar-refractivity contribution in [3.8, 4) is 0 Å². The van der Waals surface area contributed by atoms with E-state index in [-0.39, 0.29) is 11.5 Å². The van der Waals surface area contributed by atoms with Crippen LogP contribution in [0.1, 0.15) is 51.1 Å². The molecule has 0 spiro atoms. The lowest BCUT2D eigenvalue weighted by molar-refractivity contribution is -0.116. The van der Waals surface area contributed by atoms with Crippen molar-refractivity contribution in [2.24, 2.45) is 0 Å². The molecule has 5 heteroatoms. The molecule has 96 valence electrons. The molecule has 0 aliphatic rings. The normalized spacial score (nSPS) is 10.5. The molecule has 3 N–H and O–H groups in total. The van der Waals surface area contributed by atoms with E-state index in [0.717, 1.165) is 12.8 Å². The number of nitrogens with one attached hydrogen (secondary N) is 3. The molecule has 17 heavy (non-hydrogen) atoms. The highest BCUT2D eigenvalue weighted by atomic mass is 16.2. The van der Waals surface area contributed by atoms with E-state index in [1.165, 1.54) is 19.3 Å². The number of aromatic nitrogens is 2. The van der Waals surface area contributed by atoms with Crippen LogP contribution >= 0.6 is 0 Å². The minimum Gasteiger partial charge on any atom is -0.320 e. The molecule has 5 nitrogen and oxygen atoms in total. The lowest BCUT2D eigenvalue weighted by Crippen LogP contribution is -2.17. The number of aryl methyl sites for hydroxylation is 1. The quantitative estimate of drug-likeness (QED) is 0.638. The van der Waals surface area contributed by atoms with Gasteiger partial charge in [-0.25, -0.2) is 0 Å². The minimum atomic E-state index is -0.276. The Morgan fingerprint density at radius 2 is 1.88 bits per heavy atom. The summed E-state index contributed by atoms with van der Waals surface area (Å²) >= 11 is 0. The fourth-order valence-corrected chi connectivity index (χ4v) is 1.69. The first-order chi connectivity index (χ1) is 8.15. The number of hydrogen-bond donors (Lipinski definition) is 3. The zero-order valence-corrected chi connectivity index (χ0v) is 10.6. The van der Waals surface area contributed by atoms with Crippen molar-refractivity contribution in [1.82, 2.24) is 10.2 Å². The van der Waals surface area contributed by atoms with E-state index in [1.807, 2.05) is 0 Å². The number of unbranched alkanes of at least 4 members (excludes halogenated alkanes) is 4. The second kappa shape index (κ2) is 6.93. The second-order valence-electron chi connectivity index (χ2n) is 4.29. The van der Waals surface area contributed by atoms with E-state index in [0.29, 0.717) is 17.8 Å². The Kier molecular flexibility index (Phi) is 5.52. The molecule has 0 saturated heterocycles. The summed E-state index contributed by atoms with van der Waals surface area (Å²) in [5, 5.41) is 7.74. The van der Waals surface area contributed by atoms with Crippen molar-refractivity contribution < 1.29 is 4.79 Å². The van der Waals surface area contributed by atoms with Gasteiger partial charge in [0.2, 0.25) is 5.91 Å². The molecule has 0 radical (unpaired) electrons. The Balaban J connectivity index is 2.28. The van der Waals surface area contributed by atoms with E-state index in [1.54, 1.807) is 6.92 Å². The maximum Gasteiger partial charge on any atom is 0.287 e. The topological polar surface area (TPSA) is 77.8 Å². The Labute approximate surface area is 101 Å². The van der Waals surface area contributed by atoms with Gasteiger partial charge >= 0.3 is 0 Å². The SMILES string of the molecule is CCCCCCCC(=O)Nc1c(C)[nH][nH]c1=O. The Morgan fingerprint density at radius 3 is 2.47 bits per heavy atom. The van der Waals surface area contributed by atoms with Crippen LogP contribution in [0, 0.1) is 6.92 Å². The first kappa shape index (κ1) is 13.5. The fourth-order valence-electron chi connectivity index (χ4n) is 1.69. The summed E-state index contributed by atoms with van der Waals surface area (Å²) in [6.07, 6.45) is 6.03. The van der Waals surface area contributed by atoms with Crippen molar-refractivity contribution in [2.75, 3.05) is 5.32 Å². The number of anilines is 1. The van der Waals surface area contributed by atoms with Gasteiger partial charge in [-0.3, -0.25) is 14.7 Å². The van der Waals surface area contributed by atoms with Crippen LogP contribution in [-0.4, -0.2) is 16.1 Å². The van der Waals surface area contributed by atoms with E-state index >= 15 is 0 Å². The third kappa shape index (κ3) is 4.46. The molecule has 0 bridgehead atoms. The zero-order valence-electron chi connectivity index (χ0n) is 10.6. The van der Waals surface area contributed by atoms with Gasteiger partial charge in [-0.15, -0.1) is 0 Å². The number of hydrogen-bond acceptors (Lipinski definition) is 2. The van der Waals surface area contributed by atoms with Crippen LogP contribution in [0.25, 0.3) is 0 Å². The molecule has 1 heterocycles. The summed E-state index contributed by atoms with van der Waals surface area (Å²) in [6, 6.07) is 0. The van der Waals surface area contributed by atoms with Crippen molar-refractivity contribution in [1.29, 1.82) is 0 Å². The van der Waals surface area contributed by atoms with Crippen LogP contribution in [0.15, 0.2) is 4.79 Å². The average molecular weight is 239 g/mol. The maximum absolute atomic E-state index is 11.6. The number of aromatic amines is 2. The lowest BCUT2D eigenvalue weighted by atomic mass is 10.1. The molecule has 1 amide bonds. The number of carbonyl (C=O) groups is 1. The molecule has 0 unspecified atom stereocenters. The fraction of sp³-hybridized carbons (Fsp3) is 0.667. The van der Waals surface area contributed by atoms with Crippen molar-refractivity contribution >= 4 is 11.6 Å². The molecule has 1 aromatic rings. The third-order valence-electron chi connectivity index (χ3n) is 2.74. The van der Waals surface area contributed by atoms with Gasteiger partial charge < -0.3 is 10.4 Å². The molecule has 0 aliphatic carbocycles. The highest BCUT2D eigenvalue weighted by Crippen LogP contribution is 2.08. The summed E-state index contributed by atoms with van der Waals surface area (Å²) in [5.41, 5.74) is 0.722. The van der Waals surface area contributed by atoms with Gasteiger partial charge in [0.15, 0.2) is 0 Å². The van der Waals surface area contributed by atoms with Crippen molar-refractivity contribution in [3.63, 3.8) is 0 Å². The molecular weight excluding hydrogens is 218 g/mol. The molecule has 0 saturated carbocycles. The van der Waals surface area contributed by atoms with Crippen LogP contribution in [0.5, 0.6) is 0 Å². The van der Waals surface area contributed by atoms with Crippen molar-refractivity contribution in [3.05, 3.63) is 16.0 Å². The first-order valence-electron chi connectivity index (χ1n) is 6.22. The van der Waals surface area contributed by atoms with Gasteiger partial charge in [-0.05, 0) is 13.3 Å². The molecule has 0 fully saturated rings. The van der Waals surface area contributed by atoms with E-state index in [9.17, 15) is 9.59 Å². The smallest absolute Gasteiger partial charge is 0.287 e. The Bertz CT molecular complexity index is 406. The Hall–Kier alpha value is -1.52. The molecule has 1 aromatic heterocycles. The number of carbonyl (C=O) groups excluding carboxylic acids is 1. The highest BCUT2D eigenvalue weighted by molar-refractivity contribution is 5.90. The van der Waals surface area contributed by atoms with Crippen LogP contribution in [0.3, 0.4) is 0 Å². The molecule has 0 atom stereocenters. The standard InChI is InChI=1S/C12H21N3O2/c1-3-4-5-6-7-8-10(16)13-11-9(2)14-15-12(11)17/h3-8H2,1-2H3,(H,13,16)(H2,14,15,17). The molecular formula is C12H21N3O2. The summed E-state index contributed by atoms with van der Waals surface area (Å²) in [5.74, 6) is -0.0882. The summed E-state index contributed by atoms with van der Waals surface area (Å²) < 4.78 is 0. The first-order valence-corrected chi connectivity index (χ1v) is 6.22. The van der Waals surface area contributed by atoms with Crippen LogP contribution in [0.4, 0.5) is 5.69 Å². The average Bonchev–Trinajstić information content (AvgIpc) is 2.60. The van der Waals surface area contributed by atoms with Gasteiger partial charge in [-0.1, -0.05) is 32.6 Å². The minimum absolute atomic E-state index is 0.0882. The van der Waals surface area contributed by atoms with E-state index < -0.39 is 0 Å². The van der Waals surface area contributed by atoms with Crippen LogP contribution in [-0.2, 0) is 4.79 Å². The largest absolute Gasteiger partial charge is 0.320 e. The van der Waals surface area contributed by atoms with Crippen molar-refractivity contribution in [2.45, 2.75) is 52.4 Å². The summed E-state index contributed by atoms with van der Waals surface area (Å²) in [7, 11) is 0.